The number of nitrogens with zero attached hydrogens (tertiary/aromatic N) is 1. The van der Waals surface area contributed by atoms with Crippen LogP contribution in [0.25, 0.3) is 0 Å². The summed E-state index contributed by atoms with van der Waals surface area (Å²) in [5.74, 6) is -0.534. The number of hydrogen-bond acceptors (Lipinski definition) is 2. The van der Waals surface area contributed by atoms with Crippen molar-refractivity contribution in [1.82, 2.24) is 10.2 Å². The lowest BCUT2D eigenvalue weighted by Crippen LogP contribution is -2.52. The summed E-state index contributed by atoms with van der Waals surface area (Å²) in [6.45, 7) is 4.04. The highest BCUT2D eigenvalue weighted by Crippen LogP contribution is 2.28. The standard InChI is InChI=1S/C28H28Cl4N2O2/c1-3-18(2)33-28(36)26(14-19-8-5-4-6-9-19)34(17-20-12-13-21(29)15-25(20)32)27(35)16-22-23(30)10-7-11-24(22)31/h4-13,15,18,26H,3,14,16-17H2,1-2H3,(H,33,36)/t18-,26+/m0/s1. The van der Waals surface area contributed by atoms with E-state index in [0.29, 0.717) is 37.6 Å². The molecule has 2 amide bonds. The van der Waals surface area contributed by atoms with E-state index in [9.17, 15) is 9.59 Å². The van der Waals surface area contributed by atoms with Crippen molar-refractivity contribution < 1.29 is 9.59 Å². The summed E-state index contributed by atoms with van der Waals surface area (Å²) in [4.78, 5) is 29.0. The minimum Gasteiger partial charge on any atom is -0.352 e. The molecule has 1 N–H and O–H groups in total. The van der Waals surface area contributed by atoms with Crippen LogP contribution >= 0.6 is 46.4 Å². The number of amides is 2. The van der Waals surface area contributed by atoms with Crippen molar-refractivity contribution in [2.75, 3.05) is 0 Å². The van der Waals surface area contributed by atoms with Crippen LogP contribution in [0.1, 0.15) is 37.0 Å². The number of hydrogen-bond donors (Lipinski definition) is 1. The van der Waals surface area contributed by atoms with Gasteiger partial charge in [0.1, 0.15) is 6.04 Å². The van der Waals surface area contributed by atoms with Gasteiger partial charge < -0.3 is 10.2 Å². The molecule has 3 aromatic rings. The molecule has 0 spiro atoms. The third kappa shape index (κ3) is 7.63. The predicted octanol–water partition coefficient (Wildman–Crippen LogP) is 7.40. The highest BCUT2D eigenvalue weighted by molar-refractivity contribution is 6.36. The molecule has 0 aliphatic rings. The van der Waals surface area contributed by atoms with Crippen LogP contribution in [-0.4, -0.2) is 28.8 Å². The van der Waals surface area contributed by atoms with Crippen molar-refractivity contribution in [3.8, 4) is 0 Å². The van der Waals surface area contributed by atoms with E-state index in [1.165, 1.54) is 0 Å². The minimum absolute atomic E-state index is 0.0511. The van der Waals surface area contributed by atoms with E-state index in [1.54, 1.807) is 41.3 Å². The summed E-state index contributed by atoms with van der Waals surface area (Å²) in [7, 11) is 0. The second kappa shape index (κ2) is 13.3. The summed E-state index contributed by atoms with van der Waals surface area (Å²) in [5, 5.41) is 4.73. The first-order valence-corrected chi connectivity index (χ1v) is 13.2. The molecule has 0 saturated heterocycles. The van der Waals surface area contributed by atoms with E-state index in [-0.39, 0.29) is 30.8 Å². The second-order valence-corrected chi connectivity index (χ2v) is 10.3. The van der Waals surface area contributed by atoms with Gasteiger partial charge >= 0.3 is 0 Å². The zero-order valence-corrected chi connectivity index (χ0v) is 23.1. The van der Waals surface area contributed by atoms with E-state index in [4.69, 9.17) is 46.4 Å². The number of benzene rings is 3. The first kappa shape index (κ1) is 28.3. The lowest BCUT2D eigenvalue weighted by molar-refractivity contribution is -0.141. The molecule has 3 rings (SSSR count). The van der Waals surface area contributed by atoms with Crippen LogP contribution in [0.3, 0.4) is 0 Å². The van der Waals surface area contributed by atoms with Crippen LogP contribution in [0.15, 0.2) is 66.7 Å². The lowest BCUT2D eigenvalue weighted by atomic mass is 10.0. The fourth-order valence-electron chi connectivity index (χ4n) is 3.78. The van der Waals surface area contributed by atoms with E-state index < -0.39 is 6.04 Å². The van der Waals surface area contributed by atoms with Crippen molar-refractivity contribution in [2.24, 2.45) is 0 Å². The molecule has 0 unspecified atom stereocenters. The number of halogens is 4. The fourth-order valence-corrected chi connectivity index (χ4v) is 4.78. The van der Waals surface area contributed by atoms with Gasteiger partial charge in [0.25, 0.3) is 0 Å². The maximum absolute atomic E-state index is 13.9. The Hall–Kier alpha value is -2.24. The Bertz CT molecular complexity index is 1180. The molecule has 4 nitrogen and oxygen atoms in total. The maximum Gasteiger partial charge on any atom is 0.243 e. The minimum atomic E-state index is -0.790. The number of carbonyl (C=O) groups is 2. The van der Waals surface area contributed by atoms with Crippen LogP contribution in [0, 0.1) is 0 Å². The Labute approximate surface area is 232 Å². The molecule has 0 bridgehead atoms. The third-order valence-corrected chi connectivity index (χ3v) is 7.31. The van der Waals surface area contributed by atoms with E-state index >= 15 is 0 Å². The highest BCUT2D eigenvalue weighted by Gasteiger charge is 2.32. The average Bonchev–Trinajstić information content (AvgIpc) is 2.85. The molecule has 0 aliphatic carbocycles. The summed E-state index contributed by atoms with van der Waals surface area (Å²) < 4.78 is 0. The van der Waals surface area contributed by atoms with Crippen LogP contribution < -0.4 is 5.32 Å². The molecule has 190 valence electrons. The Balaban J connectivity index is 2.04. The summed E-state index contributed by atoms with van der Waals surface area (Å²) in [6, 6.07) is 19.0. The van der Waals surface area contributed by atoms with Gasteiger partial charge in [0.05, 0.1) is 6.42 Å². The van der Waals surface area contributed by atoms with Crippen LogP contribution in [0.4, 0.5) is 0 Å². The zero-order chi connectivity index (χ0) is 26.2. The third-order valence-electron chi connectivity index (χ3n) is 6.02. The van der Waals surface area contributed by atoms with E-state index in [2.05, 4.69) is 5.32 Å². The molecule has 0 fully saturated rings. The zero-order valence-electron chi connectivity index (χ0n) is 20.1. The first-order valence-electron chi connectivity index (χ1n) is 11.7. The van der Waals surface area contributed by atoms with Crippen molar-refractivity contribution in [2.45, 2.75) is 51.7 Å². The molecular formula is C28H28Cl4N2O2. The molecule has 2 atom stereocenters. The van der Waals surface area contributed by atoms with Crippen molar-refractivity contribution in [1.29, 1.82) is 0 Å². The SMILES string of the molecule is CC[C@H](C)NC(=O)[C@@H](Cc1ccccc1)N(Cc1ccc(Cl)cc1Cl)C(=O)Cc1c(Cl)cccc1Cl. The maximum atomic E-state index is 13.9. The Kier molecular flexibility index (Phi) is 10.5. The molecule has 36 heavy (non-hydrogen) atoms. The van der Waals surface area contributed by atoms with Crippen molar-refractivity contribution in [3.05, 3.63) is 104 Å². The molecule has 0 radical (unpaired) electrons. The molecule has 0 aromatic heterocycles. The highest BCUT2D eigenvalue weighted by atomic mass is 35.5. The molecule has 0 heterocycles. The second-order valence-electron chi connectivity index (χ2n) is 8.66. The van der Waals surface area contributed by atoms with Gasteiger partial charge in [-0.25, -0.2) is 0 Å². The summed E-state index contributed by atoms with van der Waals surface area (Å²) in [5.41, 5.74) is 2.12. The van der Waals surface area contributed by atoms with Gasteiger partial charge in [-0.15, -0.1) is 0 Å². The Morgan fingerprint density at radius 2 is 1.56 bits per heavy atom. The van der Waals surface area contributed by atoms with Gasteiger partial charge in [-0.3, -0.25) is 9.59 Å². The van der Waals surface area contributed by atoms with Gasteiger partial charge in [-0.2, -0.15) is 0 Å². The van der Waals surface area contributed by atoms with Gasteiger partial charge in [-0.05, 0) is 54.3 Å². The number of nitrogens with one attached hydrogen (secondary N) is 1. The van der Waals surface area contributed by atoms with Gasteiger partial charge in [-0.1, -0.05) is 95.8 Å². The topological polar surface area (TPSA) is 49.4 Å². The summed E-state index contributed by atoms with van der Waals surface area (Å²) in [6.07, 6.45) is 1.03. The van der Waals surface area contributed by atoms with Crippen LogP contribution in [-0.2, 0) is 29.0 Å². The van der Waals surface area contributed by atoms with Gasteiger partial charge in [0.15, 0.2) is 0 Å². The van der Waals surface area contributed by atoms with E-state index in [1.807, 2.05) is 44.2 Å². The molecule has 3 aromatic carbocycles. The summed E-state index contributed by atoms with van der Waals surface area (Å²) >= 11 is 25.3. The van der Waals surface area contributed by atoms with Crippen LogP contribution in [0.2, 0.25) is 20.1 Å². The lowest BCUT2D eigenvalue weighted by Gasteiger charge is -2.33. The molecule has 8 heteroatoms. The molecule has 0 aliphatic heterocycles. The molecule has 0 saturated carbocycles. The Morgan fingerprint density at radius 1 is 0.889 bits per heavy atom. The number of rotatable bonds is 10. The van der Waals surface area contributed by atoms with Crippen molar-refractivity contribution in [3.63, 3.8) is 0 Å². The smallest absolute Gasteiger partial charge is 0.243 e. The Morgan fingerprint density at radius 3 is 2.17 bits per heavy atom. The normalized spacial score (nSPS) is 12.6. The first-order chi connectivity index (χ1) is 17.2. The van der Waals surface area contributed by atoms with Crippen LogP contribution in [0.5, 0.6) is 0 Å². The quantitative estimate of drug-likeness (QED) is 0.278. The van der Waals surface area contributed by atoms with Gasteiger partial charge in [0, 0.05) is 39.1 Å². The van der Waals surface area contributed by atoms with E-state index in [0.717, 1.165) is 12.0 Å². The van der Waals surface area contributed by atoms with Crippen molar-refractivity contribution >= 4 is 58.2 Å². The predicted molar refractivity (Wildman–Crippen MR) is 149 cm³/mol. The number of carbonyl (C=O) groups excluding carboxylic acids is 2. The fraction of sp³-hybridized carbons (Fsp3) is 0.286. The monoisotopic (exact) mass is 564 g/mol. The van der Waals surface area contributed by atoms with Gasteiger partial charge in [0.2, 0.25) is 11.8 Å². The average molecular weight is 566 g/mol. The largest absolute Gasteiger partial charge is 0.352 e. The molecular weight excluding hydrogens is 538 g/mol.